The molecule has 0 N–H and O–H groups in total. The van der Waals surface area contributed by atoms with Crippen LogP contribution in [-0.2, 0) is 9.59 Å². The van der Waals surface area contributed by atoms with Crippen LogP contribution in [0.25, 0.3) is 0 Å². The summed E-state index contributed by atoms with van der Waals surface area (Å²) in [6.45, 7) is 0. The molecule has 1 unspecified atom stereocenters. The highest BCUT2D eigenvalue weighted by Crippen LogP contribution is 2.39. The van der Waals surface area contributed by atoms with Crippen LogP contribution in [-0.4, -0.2) is 11.6 Å². The number of carbonyl (C=O) groups is 2. The lowest BCUT2D eigenvalue weighted by Crippen LogP contribution is -2.20. The van der Waals surface area contributed by atoms with E-state index in [1.165, 1.54) is 48.0 Å². The number of ketones is 2. The van der Waals surface area contributed by atoms with Crippen molar-refractivity contribution in [2.24, 2.45) is 5.92 Å². The van der Waals surface area contributed by atoms with E-state index in [0.717, 1.165) is 37.7 Å². The Labute approximate surface area is 138 Å². The van der Waals surface area contributed by atoms with Crippen LogP contribution in [0.15, 0.2) is 46.1 Å². The van der Waals surface area contributed by atoms with Crippen molar-refractivity contribution in [3.05, 3.63) is 46.1 Å². The predicted molar refractivity (Wildman–Crippen MR) is 90.9 cm³/mol. The number of Topliss-reactive ketones (excluding diaryl/α,β-unsaturated/α-hetero) is 2. The molecule has 0 aromatic heterocycles. The first-order chi connectivity index (χ1) is 11.2. The molecular weight excluding hydrogens is 284 g/mol. The van der Waals surface area contributed by atoms with Crippen molar-refractivity contribution in [3.63, 3.8) is 0 Å². The first-order valence-electron chi connectivity index (χ1n) is 9.11. The van der Waals surface area contributed by atoms with Gasteiger partial charge >= 0.3 is 0 Å². The maximum Gasteiger partial charge on any atom is 0.170 e. The van der Waals surface area contributed by atoms with Crippen molar-refractivity contribution in [2.75, 3.05) is 0 Å². The molecule has 0 aromatic rings. The molecule has 2 nitrogen and oxygen atoms in total. The van der Waals surface area contributed by atoms with Gasteiger partial charge in [-0.3, -0.25) is 9.59 Å². The highest BCUT2D eigenvalue weighted by Gasteiger charge is 2.31. The molecule has 0 fully saturated rings. The molecule has 0 heterocycles. The largest absolute Gasteiger partial charge is 0.298 e. The van der Waals surface area contributed by atoms with Crippen LogP contribution in [0.1, 0.15) is 64.2 Å². The lowest BCUT2D eigenvalue weighted by Gasteiger charge is -2.19. The second kappa shape index (κ2) is 6.07. The van der Waals surface area contributed by atoms with Crippen LogP contribution in [0.3, 0.4) is 0 Å². The molecule has 2 heteroatoms. The fraction of sp³-hybridized carbons (Fsp3) is 0.524. The van der Waals surface area contributed by atoms with Gasteiger partial charge in [0.05, 0.1) is 12.3 Å². The molecule has 1 atom stereocenters. The van der Waals surface area contributed by atoms with Crippen molar-refractivity contribution in [1.82, 2.24) is 0 Å². The van der Waals surface area contributed by atoms with Gasteiger partial charge in [0.15, 0.2) is 11.6 Å². The van der Waals surface area contributed by atoms with Gasteiger partial charge in [0.2, 0.25) is 0 Å². The van der Waals surface area contributed by atoms with Gasteiger partial charge in [0.25, 0.3) is 0 Å². The Morgan fingerprint density at radius 2 is 1.78 bits per heavy atom. The van der Waals surface area contributed by atoms with Gasteiger partial charge in [0.1, 0.15) is 0 Å². The summed E-state index contributed by atoms with van der Waals surface area (Å²) in [6, 6.07) is 0. The van der Waals surface area contributed by atoms with E-state index in [1.54, 1.807) is 0 Å². The SMILES string of the molecule is O=C(CC(=O)C1C=CC2=C1CCCC2)C1=CCC2=C1CCCC2. The Morgan fingerprint density at radius 3 is 2.70 bits per heavy atom. The van der Waals surface area contributed by atoms with E-state index in [2.05, 4.69) is 12.2 Å². The van der Waals surface area contributed by atoms with Gasteiger partial charge in [0, 0.05) is 5.57 Å². The quantitative estimate of drug-likeness (QED) is 0.701. The third-order valence-electron chi connectivity index (χ3n) is 5.86. The Morgan fingerprint density at radius 1 is 1.00 bits per heavy atom. The smallest absolute Gasteiger partial charge is 0.170 e. The predicted octanol–water partition coefficient (Wildman–Crippen LogP) is 4.77. The van der Waals surface area contributed by atoms with Crippen LogP contribution in [0.4, 0.5) is 0 Å². The molecule has 0 saturated carbocycles. The second-order valence-corrected chi connectivity index (χ2v) is 7.27. The summed E-state index contributed by atoms with van der Waals surface area (Å²) in [5.41, 5.74) is 6.25. The van der Waals surface area contributed by atoms with Crippen molar-refractivity contribution >= 4 is 11.6 Å². The molecule has 0 spiro atoms. The topological polar surface area (TPSA) is 34.1 Å². The average molecular weight is 308 g/mol. The number of hydrogen-bond acceptors (Lipinski definition) is 2. The fourth-order valence-electron chi connectivity index (χ4n) is 4.64. The zero-order valence-electron chi connectivity index (χ0n) is 13.7. The van der Waals surface area contributed by atoms with Gasteiger partial charge < -0.3 is 0 Å². The number of hydrogen-bond donors (Lipinski definition) is 0. The summed E-state index contributed by atoms with van der Waals surface area (Å²) < 4.78 is 0. The highest BCUT2D eigenvalue weighted by atomic mass is 16.1. The van der Waals surface area contributed by atoms with Gasteiger partial charge in [-0.1, -0.05) is 29.4 Å². The Kier molecular flexibility index (Phi) is 3.92. The Balaban J connectivity index is 1.45. The van der Waals surface area contributed by atoms with Crippen LogP contribution < -0.4 is 0 Å². The van der Waals surface area contributed by atoms with E-state index < -0.39 is 0 Å². The third kappa shape index (κ3) is 2.69. The molecule has 120 valence electrons. The van der Waals surface area contributed by atoms with Crippen LogP contribution in [0.2, 0.25) is 0 Å². The van der Waals surface area contributed by atoms with E-state index in [-0.39, 0.29) is 23.9 Å². The number of carbonyl (C=O) groups excluding carboxylic acids is 2. The minimum Gasteiger partial charge on any atom is -0.298 e. The minimum atomic E-state index is -0.115. The van der Waals surface area contributed by atoms with Gasteiger partial charge in [-0.05, 0) is 68.9 Å². The summed E-state index contributed by atoms with van der Waals surface area (Å²) in [7, 11) is 0. The highest BCUT2D eigenvalue weighted by molar-refractivity contribution is 6.12. The van der Waals surface area contributed by atoms with E-state index in [9.17, 15) is 9.59 Å². The van der Waals surface area contributed by atoms with Crippen LogP contribution >= 0.6 is 0 Å². The molecule has 0 radical (unpaired) electrons. The minimum absolute atomic E-state index is 0.0557. The van der Waals surface area contributed by atoms with E-state index in [0.29, 0.717) is 0 Å². The summed E-state index contributed by atoms with van der Waals surface area (Å²) in [4.78, 5) is 25.3. The fourth-order valence-corrected chi connectivity index (χ4v) is 4.64. The monoisotopic (exact) mass is 308 g/mol. The van der Waals surface area contributed by atoms with Gasteiger partial charge in [-0.15, -0.1) is 0 Å². The molecule has 4 aliphatic rings. The maximum absolute atomic E-state index is 12.7. The average Bonchev–Trinajstić information content (AvgIpc) is 3.19. The molecule has 23 heavy (non-hydrogen) atoms. The number of allylic oxidation sites excluding steroid dienone is 8. The molecule has 0 aromatic carbocycles. The summed E-state index contributed by atoms with van der Waals surface area (Å²) in [6.07, 6.45) is 16.4. The second-order valence-electron chi connectivity index (χ2n) is 7.27. The van der Waals surface area contributed by atoms with Crippen LogP contribution in [0.5, 0.6) is 0 Å². The molecule has 0 saturated heterocycles. The van der Waals surface area contributed by atoms with Crippen molar-refractivity contribution in [3.8, 4) is 0 Å². The van der Waals surface area contributed by atoms with Crippen molar-refractivity contribution < 1.29 is 9.59 Å². The van der Waals surface area contributed by atoms with Gasteiger partial charge in [-0.2, -0.15) is 0 Å². The Bertz CT molecular complexity index is 685. The zero-order chi connectivity index (χ0) is 15.8. The lowest BCUT2D eigenvalue weighted by molar-refractivity contribution is -0.126. The van der Waals surface area contributed by atoms with Crippen molar-refractivity contribution in [1.29, 1.82) is 0 Å². The molecule has 0 bridgehead atoms. The first-order valence-corrected chi connectivity index (χ1v) is 9.11. The van der Waals surface area contributed by atoms with E-state index >= 15 is 0 Å². The zero-order valence-corrected chi connectivity index (χ0v) is 13.7. The van der Waals surface area contributed by atoms with Gasteiger partial charge in [-0.25, -0.2) is 0 Å². The molecule has 4 rings (SSSR count). The molecular formula is C21H24O2. The molecule has 0 aliphatic heterocycles. The summed E-state index contributed by atoms with van der Waals surface area (Å²) in [5, 5.41) is 0. The third-order valence-corrected chi connectivity index (χ3v) is 5.86. The van der Waals surface area contributed by atoms with E-state index in [4.69, 9.17) is 0 Å². The molecule has 0 amide bonds. The normalized spacial score (nSPS) is 26.3. The van der Waals surface area contributed by atoms with E-state index in [1.807, 2.05) is 6.08 Å². The number of rotatable bonds is 4. The summed E-state index contributed by atoms with van der Waals surface area (Å²) in [5.74, 6) is 0.0418. The standard InChI is InChI=1S/C21H24O2/c22-20(18-11-9-14-5-1-3-7-16(14)18)13-21(23)19-12-10-15-6-2-4-8-17(15)19/h9,11-12,18H,1-8,10,13H2. The van der Waals surface area contributed by atoms with Crippen LogP contribution in [0, 0.1) is 5.92 Å². The maximum atomic E-state index is 12.7. The van der Waals surface area contributed by atoms with Crippen molar-refractivity contribution in [2.45, 2.75) is 64.2 Å². The first kappa shape index (κ1) is 14.9. The lowest BCUT2D eigenvalue weighted by atomic mass is 9.84. The molecule has 4 aliphatic carbocycles. The summed E-state index contributed by atoms with van der Waals surface area (Å²) >= 11 is 0. The Hall–Kier alpha value is -1.70.